The third-order valence-corrected chi connectivity index (χ3v) is 8.47. The van der Waals surface area contributed by atoms with Gasteiger partial charge in [0.1, 0.15) is 16.4 Å². The zero-order valence-corrected chi connectivity index (χ0v) is 20.3. The average Bonchev–Trinajstić information content (AvgIpc) is 3.55. The molecule has 0 fully saturated rings. The first-order valence-electron chi connectivity index (χ1n) is 9.58. The Kier molecular flexibility index (Phi) is 5.96. The Bertz CT molecular complexity index is 1420. The first-order valence-corrected chi connectivity index (χ1v) is 13.0. The van der Waals surface area contributed by atoms with Crippen LogP contribution < -0.4 is 15.6 Å². The normalized spacial score (nSPS) is 12.2. The van der Waals surface area contributed by atoms with E-state index in [0.717, 1.165) is 31.0 Å². The summed E-state index contributed by atoms with van der Waals surface area (Å²) in [7, 11) is 1.63. The maximum absolute atomic E-state index is 12.9. The highest BCUT2D eigenvalue weighted by atomic mass is 32.2. The third-order valence-electron chi connectivity index (χ3n) is 4.67. The Balaban J connectivity index is 1.35. The summed E-state index contributed by atoms with van der Waals surface area (Å²) in [5.74, 6) is 1.36. The van der Waals surface area contributed by atoms with E-state index in [0.29, 0.717) is 16.3 Å². The topological polar surface area (TPSA) is 92.8 Å². The van der Waals surface area contributed by atoms with E-state index in [9.17, 15) is 4.79 Å². The third kappa shape index (κ3) is 4.16. The van der Waals surface area contributed by atoms with Crippen molar-refractivity contribution in [3.63, 3.8) is 0 Å². The highest BCUT2D eigenvalue weighted by Gasteiger charge is 2.18. The maximum atomic E-state index is 12.9. The number of anilines is 2. The van der Waals surface area contributed by atoms with Crippen molar-refractivity contribution in [2.75, 3.05) is 12.4 Å². The number of para-hydroxylation sites is 2. The number of H-pyrrole nitrogens is 1. The van der Waals surface area contributed by atoms with E-state index in [2.05, 4.69) is 20.5 Å². The van der Waals surface area contributed by atoms with Crippen molar-refractivity contribution in [1.82, 2.24) is 20.2 Å². The molecule has 4 aromatic heterocycles. The second-order valence-electron chi connectivity index (χ2n) is 6.72. The van der Waals surface area contributed by atoms with Crippen LogP contribution in [-0.2, 0) is 0 Å². The molecule has 1 unspecified atom stereocenters. The Morgan fingerprint density at radius 1 is 1.16 bits per heavy atom. The number of hydrogen-bond acceptors (Lipinski definition) is 10. The first-order chi connectivity index (χ1) is 15.6. The van der Waals surface area contributed by atoms with Crippen LogP contribution in [0.1, 0.15) is 18.0 Å². The van der Waals surface area contributed by atoms with Crippen LogP contribution in [0.2, 0.25) is 0 Å². The van der Waals surface area contributed by atoms with E-state index < -0.39 is 0 Å². The van der Waals surface area contributed by atoms with Gasteiger partial charge in [0.15, 0.2) is 4.34 Å². The molecule has 1 aromatic carbocycles. The molecule has 0 aliphatic carbocycles. The van der Waals surface area contributed by atoms with Gasteiger partial charge in [0.25, 0.3) is 5.56 Å². The SMILES string of the molecule is COc1ccccc1Nc1nnc(SC(C)c2nc3scc(-c4cccs4)c3c(=O)[nH]2)s1. The number of nitrogens with zero attached hydrogens (tertiary/aromatic N) is 3. The number of hydrogen-bond donors (Lipinski definition) is 2. The molecule has 0 bridgehead atoms. The minimum Gasteiger partial charge on any atom is -0.495 e. The minimum atomic E-state index is -0.113. The van der Waals surface area contributed by atoms with Crippen molar-refractivity contribution in [2.45, 2.75) is 16.5 Å². The molecule has 0 radical (unpaired) electrons. The van der Waals surface area contributed by atoms with Crippen LogP contribution in [-0.4, -0.2) is 27.3 Å². The number of fused-ring (bicyclic) bond motifs is 1. The molecule has 0 spiro atoms. The van der Waals surface area contributed by atoms with E-state index in [1.54, 1.807) is 18.4 Å². The van der Waals surface area contributed by atoms with Gasteiger partial charge in [0.2, 0.25) is 5.13 Å². The molecule has 4 heterocycles. The summed E-state index contributed by atoms with van der Waals surface area (Å²) in [5.41, 5.74) is 1.65. The van der Waals surface area contributed by atoms with E-state index >= 15 is 0 Å². The fraction of sp³-hybridized carbons (Fsp3) is 0.143. The van der Waals surface area contributed by atoms with Crippen molar-refractivity contribution < 1.29 is 4.74 Å². The van der Waals surface area contributed by atoms with Gasteiger partial charge in [0, 0.05) is 15.8 Å². The molecule has 11 heteroatoms. The van der Waals surface area contributed by atoms with E-state index in [-0.39, 0.29) is 10.8 Å². The lowest BCUT2D eigenvalue weighted by Gasteiger charge is -2.08. The number of thioether (sulfide) groups is 1. The monoisotopic (exact) mass is 499 g/mol. The van der Waals surface area contributed by atoms with Crippen LogP contribution in [0.25, 0.3) is 20.7 Å². The Morgan fingerprint density at radius 2 is 2.03 bits per heavy atom. The number of nitrogens with one attached hydrogen (secondary N) is 2. The molecular formula is C21H17N5O2S4. The molecule has 32 heavy (non-hydrogen) atoms. The summed E-state index contributed by atoms with van der Waals surface area (Å²) in [5, 5.41) is 17.0. The van der Waals surface area contributed by atoms with Gasteiger partial charge in [-0.05, 0) is 30.5 Å². The number of ether oxygens (including phenoxy) is 1. The lowest BCUT2D eigenvalue weighted by Crippen LogP contribution is -2.12. The molecule has 5 rings (SSSR count). The molecule has 0 amide bonds. The smallest absolute Gasteiger partial charge is 0.260 e. The lowest BCUT2D eigenvalue weighted by molar-refractivity contribution is 0.417. The molecule has 0 saturated carbocycles. The molecule has 2 N–H and O–H groups in total. The highest BCUT2D eigenvalue weighted by Crippen LogP contribution is 2.39. The second kappa shape index (κ2) is 9.02. The van der Waals surface area contributed by atoms with Crippen LogP contribution in [0.15, 0.2) is 56.3 Å². The van der Waals surface area contributed by atoms with Gasteiger partial charge >= 0.3 is 0 Å². The predicted molar refractivity (Wildman–Crippen MR) is 134 cm³/mol. The average molecular weight is 500 g/mol. The van der Waals surface area contributed by atoms with Crippen LogP contribution in [0.5, 0.6) is 5.75 Å². The second-order valence-corrected chi connectivity index (χ2v) is 11.1. The fourth-order valence-corrected chi connectivity index (χ4v) is 6.88. The molecular weight excluding hydrogens is 483 g/mol. The molecule has 0 saturated heterocycles. The molecule has 5 aromatic rings. The summed E-state index contributed by atoms with van der Waals surface area (Å²) >= 11 is 6.05. The van der Waals surface area contributed by atoms with Crippen LogP contribution in [0.4, 0.5) is 10.8 Å². The molecule has 0 aliphatic heterocycles. The maximum Gasteiger partial charge on any atom is 0.260 e. The van der Waals surface area contributed by atoms with E-state index in [1.165, 1.54) is 34.4 Å². The summed E-state index contributed by atoms with van der Waals surface area (Å²) in [6, 6.07) is 11.6. The Labute approximate surface area is 199 Å². The molecule has 7 nitrogen and oxygen atoms in total. The van der Waals surface area contributed by atoms with Crippen molar-refractivity contribution in [2.24, 2.45) is 0 Å². The van der Waals surface area contributed by atoms with Crippen molar-refractivity contribution in [3.8, 4) is 16.2 Å². The van der Waals surface area contributed by atoms with Crippen molar-refractivity contribution in [3.05, 3.63) is 63.3 Å². The van der Waals surface area contributed by atoms with Gasteiger partial charge in [-0.25, -0.2) is 4.98 Å². The van der Waals surface area contributed by atoms with Gasteiger partial charge in [-0.15, -0.1) is 32.9 Å². The first kappa shape index (κ1) is 21.1. The van der Waals surface area contributed by atoms with Gasteiger partial charge in [-0.3, -0.25) is 4.79 Å². The largest absolute Gasteiger partial charge is 0.495 e. The summed E-state index contributed by atoms with van der Waals surface area (Å²) in [4.78, 5) is 22.4. The number of aromatic amines is 1. The van der Waals surface area contributed by atoms with Gasteiger partial charge < -0.3 is 15.0 Å². The summed E-state index contributed by atoms with van der Waals surface area (Å²) in [6.07, 6.45) is 0. The van der Waals surface area contributed by atoms with Gasteiger partial charge in [-0.1, -0.05) is 41.3 Å². The molecule has 0 aliphatic rings. The highest BCUT2D eigenvalue weighted by molar-refractivity contribution is 8.01. The summed E-state index contributed by atoms with van der Waals surface area (Å²) in [6.45, 7) is 2.00. The van der Waals surface area contributed by atoms with Crippen molar-refractivity contribution >= 4 is 66.8 Å². The fourth-order valence-electron chi connectivity index (χ4n) is 3.15. The number of methoxy groups -OCH3 is 1. The predicted octanol–water partition coefficient (Wildman–Crippen LogP) is 6.17. The summed E-state index contributed by atoms with van der Waals surface area (Å²) < 4.78 is 6.15. The van der Waals surface area contributed by atoms with Crippen LogP contribution in [0.3, 0.4) is 0 Å². The Hall–Kier alpha value is -2.73. The number of thiophene rings is 2. The van der Waals surface area contributed by atoms with Crippen LogP contribution >= 0.6 is 45.8 Å². The molecule has 162 valence electrons. The Morgan fingerprint density at radius 3 is 2.84 bits per heavy atom. The van der Waals surface area contributed by atoms with Gasteiger partial charge in [0.05, 0.1) is 23.4 Å². The minimum absolute atomic E-state index is 0.0913. The molecule has 1 atom stereocenters. The lowest BCUT2D eigenvalue weighted by atomic mass is 10.2. The van der Waals surface area contributed by atoms with E-state index in [4.69, 9.17) is 9.72 Å². The quantitative estimate of drug-likeness (QED) is 0.259. The zero-order valence-electron chi connectivity index (χ0n) is 17.0. The van der Waals surface area contributed by atoms with E-state index in [1.807, 2.05) is 54.1 Å². The van der Waals surface area contributed by atoms with Crippen LogP contribution in [0, 0.1) is 0 Å². The standard InChI is InChI=1S/C21H17N5O2S4/c1-11(31-21-26-25-20(32-21)22-13-6-3-4-7-14(13)28-2)17-23-18(27)16-12(10-30-19(16)24-17)15-8-5-9-29-15/h3-11H,1-2H3,(H,22,25)(H,23,24,27). The number of aromatic nitrogens is 4. The van der Waals surface area contributed by atoms with Gasteiger partial charge in [-0.2, -0.15) is 0 Å². The number of benzene rings is 1. The van der Waals surface area contributed by atoms with Crippen molar-refractivity contribution in [1.29, 1.82) is 0 Å². The number of rotatable bonds is 7. The zero-order chi connectivity index (χ0) is 22.1.